The number of nitriles is 1. The van der Waals surface area contributed by atoms with E-state index in [-0.39, 0.29) is 17.3 Å². The predicted octanol–water partition coefficient (Wildman–Crippen LogP) is 1.37. The van der Waals surface area contributed by atoms with E-state index in [4.69, 9.17) is 0 Å². The van der Waals surface area contributed by atoms with Gasteiger partial charge in [-0.05, 0) is 25.5 Å². The number of Topliss-reactive ketones (excluding diaryl/α,β-unsaturated/α-hetero) is 1. The summed E-state index contributed by atoms with van der Waals surface area (Å²) in [6.45, 7) is 3.86. The van der Waals surface area contributed by atoms with E-state index in [2.05, 4.69) is 14.2 Å². The fourth-order valence-electron chi connectivity index (χ4n) is 3.31. The Labute approximate surface area is 136 Å². The van der Waals surface area contributed by atoms with Crippen molar-refractivity contribution >= 4 is 26.9 Å². The fraction of sp³-hybridized carbons (Fsp3) is 0.375. The van der Waals surface area contributed by atoms with Crippen molar-refractivity contribution in [3.8, 4) is 6.07 Å². The van der Waals surface area contributed by atoms with Crippen LogP contribution in [0.15, 0.2) is 35.7 Å². The van der Waals surface area contributed by atoms with Crippen LogP contribution in [0.4, 0.5) is 5.95 Å². The van der Waals surface area contributed by atoms with Gasteiger partial charge in [0.05, 0.1) is 11.0 Å². The summed E-state index contributed by atoms with van der Waals surface area (Å²) in [7, 11) is 4.35. The molecule has 0 saturated heterocycles. The van der Waals surface area contributed by atoms with Gasteiger partial charge in [-0.1, -0.05) is 6.08 Å². The van der Waals surface area contributed by atoms with E-state index in [0.717, 1.165) is 5.57 Å². The molecule has 2 atom stereocenters. The molecule has 0 bridgehead atoms. The van der Waals surface area contributed by atoms with Crippen molar-refractivity contribution in [1.82, 2.24) is 9.55 Å². The highest BCUT2D eigenvalue weighted by molar-refractivity contribution is 7.22. The van der Waals surface area contributed by atoms with Crippen molar-refractivity contribution in [1.29, 1.82) is 5.26 Å². The van der Waals surface area contributed by atoms with Gasteiger partial charge in [0, 0.05) is 26.0 Å². The number of aryl methyl sites for hydroxylation is 1. The molecule has 1 amide bonds. The van der Waals surface area contributed by atoms with Crippen LogP contribution < -0.4 is 4.90 Å². The smallest absolute Gasteiger partial charge is 0.247 e. The van der Waals surface area contributed by atoms with Gasteiger partial charge in [0.15, 0.2) is 5.78 Å². The molecule has 0 radical (unpaired) electrons. The van der Waals surface area contributed by atoms with Gasteiger partial charge in [-0.25, -0.2) is 4.98 Å². The van der Waals surface area contributed by atoms with E-state index in [1.165, 1.54) is 6.08 Å². The number of fused-ring (bicyclic) bond motifs is 1. The van der Waals surface area contributed by atoms with Crippen molar-refractivity contribution in [2.24, 2.45) is 12.5 Å². The highest BCUT2D eigenvalue weighted by atomic mass is 31.0. The summed E-state index contributed by atoms with van der Waals surface area (Å²) in [5.74, 6) is 0.0823. The SMILES string of the molecule is Cn1ccnc1N1CC=C2C(C)(C)C(=O)C(C#N)=C[C@@]2(P)C1=O. The molecule has 1 aromatic rings. The standard InChI is InChI=1S/C16H17N4O2P/c1-15(2)11-4-6-20(14-18-5-7-19(14)3)13(22)16(11,23)8-10(9-17)12(15)21/h4-5,7-8H,6,23H2,1-3H3/t16-/m0/s1. The summed E-state index contributed by atoms with van der Waals surface area (Å²) in [6.07, 6.45) is 6.75. The van der Waals surface area contributed by atoms with E-state index in [1.54, 1.807) is 35.7 Å². The summed E-state index contributed by atoms with van der Waals surface area (Å²) in [4.78, 5) is 31.4. The van der Waals surface area contributed by atoms with Crippen LogP contribution in [0.3, 0.4) is 0 Å². The number of hydrogen-bond donors (Lipinski definition) is 0. The summed E-state index contributed by atoms with van der Waals surface area (Å²) in [6, 6.07) is 1.93. The van der Waals surface area contributed by atoms with E-state index in [0.29, 0.717) is 12.5 Å². The lowest BCUT2D eigenvalue weighted by molar-refractivity contribution is -0.123. The van der Waals surface area contributed by atoms with E-state index in [9.17, 15) is 14.9 Å². The zero-order chi connectivity index (χ0) is 17.0. The number of anilines is 1. The maximum absolute atomic E-state index is 13.1. The van der Waals surface area contributed by atoms with Gasteiger partial charge >= 0.3 is 0 Å². The summed E-state index contributed by atoms with van der Waals surface area (Å²) < 4.78 is 1.76. The quantitative estimate of drug-likeness (QED) is 0.576. The highest BCUT2D eigenvalue weighted by Crippen LogP contribution is 2.50. The lowest BCUT2D eigenvalue weighted by atomic mass is 9.66. The molecule has 3 rings (SSSR count). The van der Waals surface area contributed by atoms with Crippen LogP contribution in [-0.2, 0) is 16.6 Å². The van der Waals surface area contributed by atoms with Crippen LogP contribution >= 0.6 is 9.24 Å². The number of nitrogens with zero attached hydrogens (tertiary/aromatic N) is 4. The molecule has 1 unspecified atom stereocenters. The van der Waals surface area contributed by atoms with Crippen molar-refractivity contribution < 1.29 is 9.59 Å². The van der Waals surface area contributed by atoms with Gasteiger partial charge in [0.25, 0.3) is 0 Å². The van der Waals surface area contributed by atoms with E-state index >= 15 is 0 Å². The average molecular weight is 328 g/mol. The second-order valence-electron chi connectivity index (χ2n) is 6.36. The molecule has 0 saturated carbocycles. The molecule has 1 aliphatic carbocycles. The number of aromatic nitrogens is 2. The van der Waals surface area contributed by atoms with Crippen LogP contribution in [0.1, 0.15) is 13.8 Å². The molecule has 7 heteroatoms. The third-order valence-electron chi connectivity index (χ3n) is 4.54. The first-order valence-corrected chi connectivity index (χ1v) is 7.78. The van der Waals surface area contributed by atoms with Gasteiger partial charge in [-0.15, -0.1) is 9.24 Å². The van der Waals surface area contributed by atoms with Crippen molar-refractivity contribution in [2.45, 2.75) is 19.0 Å². The van der Waals surface area contributed by atoms with Crippen LogP contribution in [0.2, 0.25) is 0 Å². The average Bonchev–Trinajstić information content (AvgIpc) is 2.91. The molecule has 0 aromatic carbocycles. The third kappa shape index (κ3) is 2.00. The van der Waals surface area contributed by atoms with Crippen molar-refractivity contribution in [2.75, 3.05) is 11.4 Å². The molecule has 0 spiro atoms. The van der Waals surface area contributed by atoms with Gasteiger partial charge < -0.3 is 4.57 Å². The van der Waals surface area contributed by atoms with Crippen LogP contribution in [0, 0.1) is 16.7 Å². The topological polar surface area (TPSA) is 79.0 Å². The maximum Gasteiger partial charge on any atom is 0.247 e. The lowest BCUT2D eigenvalue weighted by Crippen LogP contribution is -2.56. The summed E-state index contributed by atoms with van der Waals surface area (Å²) in [5, 5.41) is 8.18. The lowest BCUT2D eigenvalue weighted by Gasteiger charge is -2.45. The molecule has 2 heterocycles. The van der Waals surface area contributed by atoms with Gasteiger partial charge in [-0.3, -0.25) is 14.5 Å². The molecular weight excluding hydrogens is 311 g/mol. The van der Waals surface area contributed by atoms with Gasteiger partial charge in [0.2, 0.25) is 11.9 Å². The molecule has 1 aromatic heterocycles. The second-order valence-corrected chi connectivity index (χ2v) is 7.28. The fourth-order valence-corrected chi connectivity index (χ4v) is 4.11. The minimum Gasteiger partial charge on any atom is -0.320 e. The Kier molecular flexibility index (Phi) is 3.31. The predicted molar refractivity (Wildman–Crippen MR) is 88.6 cm³/mol. The Hall–Kier alpha value is -2.25. The maximum atomic E-state index is 13.1. The monoisotopic (exact) mass is 328 g/mol. The normalized spacial score (nSPS) is 26.3. The number of carbonyl (C=O) groups excluding carboxylic acids is 2. The van der Waals surface area contributed by atoms with Crippen LogP contribution in [-0.4, -0.2) is 32.9 Å². The third-order valence-corrected chi connectivity index (χ3v) is 5.26. The van der Waals surface area contributed by atoms with Crippen molar-refractivity contribution in [3.63, 3.8) is 0 Å². The zero-order valence-corrected chi connectivity index (χ0v) is 14.4. The van der Waals surface area contributed by atoms with Gasteiger partial charge in [0.1, 0.15) is 11.2 Å². The number of amides is 1. The van der Waals surface area contributed by atoms with Crippen LogP contribution in [0.25, 0.3) is 0 Å². The first kappa shape index (κ1) is 15.6. The zero-order valence-electron chi connectivity index (χ0n) is 13.2. The first-order chi connectivity index (χ1) is 10.7. The molecule has 6 nitrogen and oxygen atoms in total. The molecular formula is C16H17N4O2P. The molecule has 2 aliphatic rings. The highest BCUT2D eigenvalue weighted by Gasteiger charge is 2.54. The number of carbonyl (C=O) groups is 2. The van der Waals surface area contributed by atoms with E-state index in [1.807, 2.05) is 19.2 Å². The van der Waals surface area contributed by atoms with Crippen molar-refractivity contribution in [3.05, 3.63) is 35.7 Å². The summed E-state index contributed by atoms with van der Waals surface area (Å²) >= 11 is 0. The molecule has 118 valence electrons. The first-order valence-electron chi connectivity index (χ1n) is 7.20. The number of ketones is 1. The molecule has 0 N–H and O–H groups in total. The molecule has 0 fully saturated rings. The second kappa shape index (κ2) is 4.87. The summed E-state index contributed by atoms with van der Waals surface area (Å²) in [5.41, 5.74) is -0.142. The Morgan fingerprint density at radius 2 is 2.09 bits per heavy atom. The van der Waals surface area contributed by atoms with Crippen LogP contribution in [0.5, 0.6) is 0 Å². The Balaban J connectivity index is 2.18. The minimum absolute atomic E-state index is 0.0252. The Morgan fingerprint density at radius 3 is 2.65 bits per heavy atom. The van der Waals surface area contributed by atoms with E-state index < -0.39 is 10.6 Å². The number of allylic oxidation sites excluding steroid dienone is 1. The Bertz CT molecular complexity index is 827. The number of rotatable bonds is 1. The molecule has 1 aliphatic heterocycles. The minimum atomic E-state index is -1.09. The largest absolute Gasteiger partial charge is 0.320 e. The number of imidazole rings is 1. The number of hydrogen-bond acceptors (Lipinski definition) is 4. The molecule has 23 heavy (non-hydrogen) atoms. The van der Waals surface area contributed by atoms with Gasteiger partial charge in [-0.2, -0.15) is 5.26 Å². The Morgan fingerprint density at radius 1 is 1.39 bits per heavy atom.